The number of aromatic nitrogens is 4. The molecule has 22 aromatic rings. The van der Waals surface area contributed by atoms with E-state index in [4.69, 9.17) is 25.9 Å². The average molecular weight is 1540 g/mol. The number of benzene rings is 14. The fourth-order valence-corrected chi connectivity index (χ4v) is 17.9. The second-order valence-corrected chi connectivity index (χ2v) is 31.8. The van der Waals surface area contributed by atoms with Crippen molar-refractivity contribution < 1.29 is 44.2 Å². The Morgan fingerprint density at radius 3 is 1.32 bits per heavy atom. The molecule has 0 unspecified atom stereocenters. The van der Waals surface area contributed by atoms with Crippen LogP contribution in [0.4, 0.5) is 0 Å². The highest BCUT2D eigenvalue weighted by Crippen LogP contribution is 2.46. The monoisotopic (exact) mass is 1540 g/mol. The molecule has 8 nitrogen and oxygen atoms in total. The van der Waals surface area contributed by atoms with Crippen LogP contribution in [0.15, 0.2) is 322 Å². The van der Waals surface area contributed by atoms with Crippen LogP contribution in [-0.4, -0.2) is 0 Å². The maximum absolute atomic E-state index is 7.77. The largest absolute Gasteiger partial charge is 0.456 e. The highest BCUT2D eigenvalue weighted by Gasteiger charge is 2.28. The molecular formula is C110H92N4O4+4. The smallest absolute Gasteiger partial charge is 0.216 e. The van der Waals surface area contributed by atoms with Gasteiger partial charge in [-0.2, -0.15) is 0 Å². The van der Waals surface area contributed by atoms with E-state index in [1.165, 1.54) is 93.0 Å². The van der Waals surface area contributed by atoms with Gasteiger partial charge in [0.15, 0.2) is 24.8 Å². The summed E-state index contributed by atoms with van der Waals surface area (Å²) in [5.41, 5.74) is 30.1. The molecule has 14 aromatic carbocycles. The van der Waals surface area contributed by atoms with Crippen LogP contribution in [0.3, 0.4) is 0 Å². The van der Waals surface area contributed by atoms with E-state index >= 15 is 0 Å². The van der Waals surface area contributed by atoms with Gasteiger partial charge in [0.05, 0.1) is 22.3 Å². The van der Waals surface area contributed by atoms with Crippen molar-refractivity contribution in [2.45, 2.75) is 69.1 Å². The number of hydrogen-bond acceptors (Lipinski definition) is 4. The first kappa shape index (κ1) is 67.3. The van der Waals surface area contributed by atoms with Crippen molar-refractivity contribution in [1.29, 1.82) is 0 Å². The summed E-state index contributed by atoms with van der Waals surface area (Å²) in [6.45, 7) is 12.2. The molecule has 8 aromatic heterocycles. The number of furan rings is 4. The molecule has 0 fully saturated rings. The molecule has 0 aliphatic carbocycles. The van der Waals surface area contributed by atoms with Crippen LogP contribution in [-0.2, 0) is 28.2 Å². The molecule has 0 amide bonds. The first-order chi connectivity index (χ1) is 59.7. The average Bonchev–Trinajstić information content (AvgIpc) is 1.58. The summed E-state index contributed by atoms with van der Waals surface area (Å²) >= 11 is 0. The Morgan fingerprint density at radius 2 is 0.695 bits per heavy atom. The third-order valence-electron chi connectivity index (χ3n) is 24.2. The van der Waals surface area contributed by atoms with Crippen molar-refractivity contribution in [1.82, 2.24) is 0 Å². The molecule has 0 radical (unpaired) electrons. The highest BCUT2D eigenvalue weighted by atomic mass is 16.3. The summed E-state index contributed by atoms with van der Waals surface area (Å²) in [5.74, 6) is 0. The van der Waals surface area contributed by atoms with Gasteiger partial charge in [-0.1, -0.05) is 194 Å². The molecule has 8 heterocycles. The number of rotatable bonds is 6. The van der Waals surface area contributed by atoms with E-state index in [1.54, 1.807) is 12.4 Å². The summed E-state index contributed by atoms with van der Waals surface area (Å²) in [4.78, 5) is 0. The lowest BCUT2D eigenvalue weighted by molar-refractivity contribution is -0.660. The van der Waals surface area contributed by atoms with Crippen LogP contribution in [0, 0.1) is 69.1 Å². The Kier molecular flexibility index (Phi) is 16.9. The maximum Gasteiger partial charge on any atom is 0.216 e. The van der Waals surface area contributed by atoms with E-state index in [0.717, 1.165) is 150 Å². The standard InChI is InChI=1S/2C30H24NO.2C25H22NO/c1-19-13-15-24-29-23-12-8-7-11-22(23)14-16-27(29)32-30(24)28(19)26-17-25(20(2)18-31(26)3)21-9-5-4-6-10-21;1-19-13-14-25-29-24-12-8-7-11-23(24)20(2)17-27(29)32-30(25)28(19)26-18-22(15-16-31(26)3)21-9-5-4-6-10-21;1-15-11-23(26(4)14-16(15)2)20-9-10-21-22-12-18-7-5-6-8-19(18)13-24(22)27-25(21)17(20)3;1-15-13-23(26(4)14-16(15)2)19-11-12-21-22-10-9-18-7-5-6-8-20(18)25(22)27-24(21)17(19)3/h2*4-18H,1-3H3;2*5-14H,1-4H3/q4*+1/i;;2*2D3. The van der Waals surface area contributed by atoms with Crippen molar-refractivity contribution in [2.24, 2.45) is 28.2 Å². The first-order valence-corrected chi connectivity index (χ1v) is 40.2. The molecule has 118 heavy (non-hydrogen) atoms. The number of nitrogens with zero attached hydrogens (tertiary/aromatic N) is 4. The molecular weight excluding hydrogens is 1440 g/mol. The minimum atomic E-state index is -2.13. The Labute approximate surface area is 695 Å². The van der Waals surface area contributed by atoms with Crippen molar-refractivity contribution in [3.8, 4) is 67.3 Å². The lowest BCUT2D eigenvalue weighted by Gasteiger charge is -2.10. The van der Waals surface area contributed by atoms with Gasteiger partial charge in [0, 0.05) is 115 Å². The van der Waals surface area contributed by atoms with Gasteiger partial charge in [0.2, 0.25) is 22.8 Å². The zero-order valence-corrected chi connectivity index (χ0v) is 68.3. The molecule has 0 saturated carbocycles. The number of fused-ring (bicyclic) bond motifs is 19. The summed E-state index contributed by atoms with van der Waals surface area (Å²) in [7, 11) is 8.00. The zero-order valence-electron chi connectivity index (χ0n) is 74.3. The van der Waals surface area contributed by atoms with Crippen molar-refractivity contribution in [3.63, 3.8) is 0 Å². The van der Waals surface area contributed by atoms with Crippen LogP contribution in [0.1, 0.15) is 63.9 Å². The fraction of sp³-hybridized carbons (Fsp3) is 0.127. The molecule has 572 valence electrons. The molecule has 0 aliphatic rings. The molecule has 0 spiro atoms. The van der Waals surface area contributed by atoms with Gasteiger partial charge in [-0.15, -0.1) is 0 Å². The topological polar surface area (TPSA) is 68.1 Å². The molecule has 0 aliphatic heterocycles. The second kappa shape index (κ2) is 29.6. The highest BCUT2D eigenvalue weighted by molar-refractivity contribution is 6.23. The molecule has 0 N–H and O–H groups in total. The predicted molar refractivity (Wildman–Crippen MR) is 490 cm³/mol. The molecule has 0 bridgehead atoms. The Hall–Kier alpha value is -14.1. The quantitative estimate of drug-likeness (QED) is 0.156. The Balaban J connectivity index is 0.000000108. The van der Waals surface area contributed by atoms with Crippen LogP contribution >= 0.6 is 0 Å². The van der Waals surface area contributed by atoms with E-state index in [-0.39, 0.29) is 0 Å². The van der Waals surface area contributed by atoms with Crippen LogP contribution in [0.25, 0.3) is 198 Å². The maximum atomic E-state index is 7.77. The van der Waals surface area contributed by atoms with E-state index in [9.17, 15) is 0 Å². The third kappa shape index (κ3) is 12.8. The van der Waals surface area contributed by atoms with Crippen molar-refractivity contribution in [3.05, 3.63) is 359 Å². The minimum Gasteiger partial charge on any atom is -0.456 e. The SMILES string of the molecule is Cc1c[n+](C)c(-c2c(C)ccc3c2oc2ccc4ccccc4c23)cc1-c1ccccc1.Cc1ccc2c(oc3cc(C)c4ccccc4c32)c1-c1cc(-c2ccccc2)cc[n+]1C.[2H]C([2H])([2H])c1c[n+](C)c(-c2ccc3c(oc4c5ccccc5ccc34)c2C)cc1C.[2H]C([2H])([2H])c1c[n+](C)c(-c2ccc3c(oc4cc5ccccc5cc43)c2C)cc1C. The molecule has 8 heteroatoms. The van der Waals surface area contributed by atoms with Gasteiger partial charge in [0.25, 0.3) is 0 Å². The Morgan fingerprint density at radius 1 is 0.237 bits per heavy atom. The van der Waals surface area contributed by atoms with E-state index in [0.29, 0.717) is 11.1 Å². The normalized spacial score (nSPS) is 12.6. The summed E-state index contributed by atoms with van der Waals surface area (Å²) in [5, 5.41) is 18.7. The van der Waals surface area contributed by atoms with Gasteiger partial charge in [0.1, 0.15) is 72.9 Å². The number of pyridine rings is 4. The fourth-order valence-electron chi connectivity index (χ4n) is 17.9. The van der Waals surface area contributed by atoms with Crippen LogP contribution in [0.2, 0.25) is 0 Å². The predicted octanol–water partition coefficient (Wildman–Crippen LogP) is 27.3. The molecule has 0 saturated heterocycles. The van der Waals surface area contributed by atoms with Gasteiger partial charge in [-0.05, 0) is 211 Å². The van der Waals surface area contributed by atoms with Gasteiger partial charge in [-0.3, -0.25) is 0 Å². The third-order valence-corrected chi connectivity index (χ3v) is 24.2. The summed E-state index contributed by atoms with van der Waals surface area (Å²) in [6.07, 6.45) is 7.78. The summed E-state index contributed by atoms with van der Waals surface area (Å²) in [6, 6.07) is 97.7. The number of hydrogen-bond donors (Lipinski definition) is 0. The van der Waals surface area contributed by atoms with Gasteiger partial charge >= 0.3 is 0 Å². The van der Waals surface area contributed by atoms with E-state index < -0.39 is 13.7 Å². The summed E-state index contributed by atoms with van der Waals surface area (Å²) < 4.78 is 80.6. The number of aryl methyl sites for hydroxylation is 14. The van der Waals surface area contributed by atoms with Gasteiger partial charge in [-0.25, -0.2) is 18.3 Å². The van der Waals surface area contributed by atoms with E-state index in [2.05, 4.69) is 320 Å². The van der Waals surface area contributed by atoms with Gasteiger partial charge < -0.3 is 17.7 Å². The second-order valence-electron chi connectivity index (χ2n) is 31.8. The molecule has 22 rings (SSSR count). The lowest BCUT2D eigenvalue weighted by Crippen LogP contribution is -2.31. The van der Waals surface area contributed by atoms with Crippen LogP contribution in [0.5, 0.6) is 0 Å². The van der Waals surface area contributed by atoms with E-state index in [1.807, 2.05) is 73.5 Å². The zero-order chi connectivity index (χ0) is 86.1. The molecule has 0 atom stereocenters. The van der Waals surface area contributed by atoms with Crippen molar-refractivity contribution in [2.75, 3.05) is 0 Å². The Bertz CT molecular complexity index is 8090. The van der Waals surface area contributed by atoms with Crippen LogP contribution < -0.4 is 18.3 Å². The van der Waals surface area contributed by atoms with Crippen molar-refractivity contribution >= 4 is 131 Å². The first-order valence-electron chi connectivity index (χ1n) is 43.2. The lowest BCUT2D eigenvalue weighted by atomic mass is 9.95. The minimum absolute atomic E-state index is 0.377.